The SMILES string of the molecule is Oc1ccc2c(c1)Oc1cc(O)ccc1C21c2ccccc2-c2ccc(I)cc21. The summed E-state index contributed by atoms with van der Waals surface area (Å²) >= 11 is 2.35. The predicted octanol–water partition coefficient (Wildman–Crippen LogP) is 6.17. The van der Waals surface area contributed by atoms with Crippen LogP contribution in [0.2, 0.25) is 0 Å². The van der Waals surface area contributed by atoms with Gasteiger partial charge in [0.05, 0.1) is 5.41 Å². The number of halogens is 1. The maximum absolute atomic E-state index is 10.1. The first-order chi connectivity index (χ1) is 14.1. The first-order valence-corrected chi connectivity index (χ1v) is 10.4. The molecule has 29 heavy (non-hydrogen) atoms. The van der Waals surface area contributed by atoms with E-state index in [1.807, 2.05) is 12.1 Å². The average molecular weight is 490 g/mol. The van der Waals surface area contributed by atoms with E-state index < -0.39 is 5.41 Å². The fraction of sp³-hybridized carbons (Fsp3) is 0.0400. The van der Waals surface area contributed by atoms with Gasteiger partial charge in [-0.1, -0.05) is 42.5 Å². The van der Waals surface area contributed by atoms with Gasteiger partial charge in [-0.05, 0) is 69.1 Å². The van der Waals surface area contributed by atoms with E-state index in [0.29, 0.717) is 11.5 Å². The molecule has 0 amide bonds. The Kier molecular flexibility index (Phi) is 3.36. The molecule has 1 heterocycles. The topological polar surface area (TPSA) is 49.7 Å². The summed E-state index contributed by atoms with van der Waals surface area (Å²) in [5.74, 6) is 1.50. The molecular weight excluding hydrogens is 475 g/mol. The van der Waals surface area contributed by atoms with Crippen LogP contribution in [0.15, 0.2) is 78.9 Å². The molecule has 6 rings (SSSR count). The van der Waals surface area contributed by atoms with Crippen LogP contribution in [0.25, 0.3) is 11.1 Å². The predicted molar refractivity (Wildman–Crippen MR) is 120 cm³/mol. The molecule has 1 aliphatic carbocycles. The van der Waals surface area contributed by atoms with Gasteiger partial charge in [-0.25, -0.2) is 0 Å². The van der Waals surface area contributed by atoms with Crippen molar-refractivity contribution in [3.63, 3.8) is 0 Å². The summed E-state index contributed by atoms with van der Waals surface area (Å²) < 4.78 is 7.32. The van der Waals surface area contributed by atoms with Crippen LogP contribution < -0.4 is 4.74 Å². The van der Waals surface area contributed by atoms with E-state index in [1.165, 1.54) is 22.3 Å². The summed E-state index contributed by atoms with van der Waals surface area (Å²) in [5, 5.41) is 20.3. The normalized spacial score (nSPS) is 14.5. The molecular formula is C25H15IO3. The van der Waals surface area contributed by atoms with Crippen molar-refractivity contribution in [2.75, 3.05) is 0 Å². The Morgan fingerprint density at radius 3 is 1.93 bits per heavy atom. The molecule has 1 spiro atoms. The summed E-state index contributed by atoms with van der Waals surface area (Å²) in [4.78, 5) is 0. The lowest BCUT2D eigenvalue weighted by Crippen LogP contribution is -2.32. The minimum Gasteiger partial charge on any atom is -0.508 e. The van der Waals surface area contributed by atoms with Crippen molar-refractivity contribution in [3.8, 4) is 34.1 Å². The van der Waals surface area contributed by atoms with Gasteiger partial charge in [-0.3, -0.25) is 0 Å². The maximum Gasteiger partial charge on any atom is 0.135 e. The summed E-state index contributed by atoms with van der Waals surface area (Å²) in [6.07, 6.45) is 0. The second-order valence-corrected chi connectivity index (χ2v) is 8.69. The number of ether oxygens (including phenoxy) is 1. The Hall–Kier alpha value is -2.99. The minimum atomic E-state index is -0.572. The summed E-state index contributed by atoms with van der Waals surface area (Å²) in [6.45, 7) is 0. The molecule has 0 bridgehead atoms. The third-order valence-electron chi connectivity index (χ3n) is 5.97. The first-order valence-electron chi connectivity index (χ1n) is 9.34. The second kappa shape index (κ2) is 5.76. The van der Waals surface area contributed by atoms with Gasteiger partial charge in [-0.2, -0.15) is 0 Å². The van der Waals surface area contributed by atoms with Crippen molar-refractivity contribution in [1.29, 1.82) is 0 Å². The van der Waals surface area contributed by atoms with Crippen LogP contribution in [-0.4, -0.2) is 10.2 Å². The quantitative estimate of drug-likeness (QED) is 0.251. The summed E-state index contributed by atoms with van der Waals surface area (Å²) in [6, 6.07) is 25.6. The molecule has 0 saturated heterocycles. The van der Waals surface area contributed by atoms with E-state index in [0.717, 1.165) is 14.7 Å². The molecule has 3 nitrogen and oxygen atoms in total. The Morgan fingerprint density at radius 2 is 1.24 bits per heavy atom. The van der Waals surface area contributed by atoms with E-state index in [-0.39, 0.29) is 11.5 Å². The van der Waals surface area contributed by atoms with Gasteiger partial charge in [0.25, 0.3) is 0 Å². The van der Waals surface area contributed by atoms with E-state index in [4.69, 9.17) is 4.74 Å². The van der Waals surface area contributed by atoms with Crippen LogP contribution in [-0.2, 0) is 5.41 Å². The summed E-state index contributed by atoms with van der Waals surface area (Å²) in [5.41, 5.74) is 6.16. The lowest BCUT2D eigenvalue weighted by Gasteiger charge is -2.39. The van der Waals surface area contributed by atoms with Gasteiger partial charge < -0.3 is 14.9 Å². The third-order valence-corrected chi connectivity index (χ3v) is 6.64. The minimum absolute atomic E-state index is 0.150. The van der Waals surface area contributed by atoms with E-state index >= 15 is 0 Å². The molecule has 1 aliphatic heterocycles. The highest BCUT2D eigenvalue weighted by Crippen LogP contribution is 2.62. The Bertz CT molecular complexity index is 1270. The van der Waals surface area contributed by atoms with Crippen LogP contribution in [0.1, 0.15) is 22.3 Å². The largest absolute Gasteiger partial charge is 0.508 e. The number of phenolic OH excluding ortho intramolecular Hbond substituents is 2. The standard InChI is InChI=1S/C25H15IO3/c26-14-5-8-18-17-3-1-2-4-19(17)25(22(18)11-14)20-9-6-15(27)12-23(20)29-24-13-16(28)7-10-21(24)25/h1-13,27-28H. The van der Waals surface area contributed by atoms with Crippen LogP contribution in [0, 0.1) is 3.57 Å². The molecule has 0 fully saturated rings. The van der Waals surface area contributed by atoms with Crippen molar-refractivity contribution < 1.29 is 14.9 Å². The molecule has 0 saturated carbocycles. The average Bonchev–Trinajstić information content (AvgIpc) is 2.98. The van der Waals surface area contributed by atoms with Crippen molar-refractivity contribution in [1.82, 2.24) is 0 Å². The molecule has 2 N–H and O–H groups in total. The van der Waals surface area contributed by atoms with Crippen LogP contribution in [0.3, 0.4) is 0 Å². The molecule has 4 heteroatoms. The van der Waals surface area contributed by atoms with Crippen molar-refractivity contribution >= 4 is 22.6 Å². The van der Waals surface area contributed by atoms with Crippen LogP contribution in [0.5, 0.6) is 23.0 Å². The highest BCUT2D eigenvalue weighted by atomic mass is 127. The van der Waals surface area contributed by atoms with Crippen molar-refractivity contribution in [2.24, 2.45) is 0 Å². The molecule has 2 aliphatic rings. The van der Waals surface area contributed by atoms with Gasteiger partial charge in [0.2, 0.25) is 0 Å². The van der Waals surface area contributed by atoms with Gasteiger partial charge in [0.15, 0.2) is 0 Å². The van der Waals surface area contributed by atoms with Crippen LogP contribution >= 0.6 is 22.6 Å². The molecule has 0 aromatic heterocycles. The number of benzene rings is 4. The van der Waals surface area contributed by atoms with Crippen LogP contribution in [0.4, 0.5) is 0 Å². The summed E-state index contributed by atoms with van der Waals surface area (Å²) in [7, 11) is 0. The fourth-order valence-electron chi connectivity index (χ4n) is 4.91. The Balaban J connectivity index is 1.85. The number of fused-ring (bicyclic) bond motifs is 9. The molecule has 4 aromatic carbocycles. The maximum atomic E-state index is 10.1. The molecule has 140 valence electrons. The third kappa shape index (κ3) is 2.12. The van der Waals surface area contributed by atoms with Gasteiger partial charge in [0, 0.05) is 26.8 Å². The number of hydrogen-bond donors (Lipinski definition) is 2. The fourth-order valence-corrected chi connectivity index (χ4v) is 5.40. The van der Waals surface area contributed by atoms with E-state index in [9.17, 15) is 10.2 Å². The highest BCUT2D eigenvalue weighted by molar-refractivity contribution is 14.1. The molecule has 0 unspecified atom stereocenters. The monoisotopic (exact) mass is 490 g/mol. The van der Waals surface area contributed by atoms with Gasteiger partial charge in [0.1, 0.15) is 23.0 Å². The zero-order valence-corrected chi connectivity index (χ0v) is 17.3. The highest BCUT2D eigenvalue weighted by Gasteiger charge is 2.51. The lowest BCUT2D eigenvalue weighted by atomic mass is 9.66. The van der Waals surface area contributed by atoms with Gasteiger partial charge >= 0.3 is 0 Å². The van der Waals surface area contributed by atoms with Crippen molar-refractivity contribution in [2.45, 2.75) is 5.41 Å². The van der Waals surface area contributed by atoms with Gasteiger partial charge in [-0.15, -0.1) is 0 Å². The number of hydrogen-bond acceptors (Lipinski definition) is 3. The number of rotatable bonds is 0. The molecule has 0 radical (unpaired) electrons. The molecule has 0 atom stereocenters. The smallest absolute Gasteiger partial charge is 0.135 e. The number of phenols is 2. The van der Waals surface area contributed by atoms with E-state index in [1.54, 1.807) is 24.3 Å². The second-order valence-electron chi connectivity index (χ2n) is 7.45. The zero-order valence-electron chi connectivity index (χ0n) is 15.2. The van der Waals surface area contributed by atoms with Crippen molar-refractivity contribution in [3.05, 3.63) is 105 Å². The number of aromatic hydroxyl groups is 2. The Morgan fingerprint density at radius 1 is 0.621 bits per heavy atom. The Labute approximate surface area is 181 Å². The lowest BCUT2D eigenvalue weighted by molar-refractivity contribution is 0.417. The van der Waals surface area contributed by atoms with E-state index in [2.05, 4.69) is 65.1 Å². The molecule has 4 aromatic rings. The first kappa shape index (κ1) is 16.9. The zero-order chi connectivity index (χ0) is 19.8.